The summed E-state index contributed by atoms with van der Waals surface area (Å²) in [5.74, 6) is 1.42. The van der Waals surface area contributed by atoms with Crippen LogP contribution in [0.1, 0.15) is 56.2 Å². The van der Waals surface area contributed by atoms with Gasteiger partial charge in [0, 0.05) is 49.4 Å². The Morgan fingerprint density at radius 2 is 1.84 bits per heavy atom. The molecule has 1 saturated heterocycles. The second-order valence-electron chi connectivity index (χ2n) is 9.05. The highest BCUT2D eigenvalue weighted by atomic mass is 16.1. The third kappa shape index (κ3) is 4.55. The first-order valence-corrected chi connectivity index (χ1v) is 10.6. The van der Waals surface area contributed by atoms with Gasteiger partial charge in [-0.05, 0) is 30.0 Å². The van der Waals surface area contributed by atoms with Crippen molar-refractivity contribution in [3.63, 3.8) is 0 Å². The van der Waals surface area contributed by atoms with E-state index in [1.807, 2.05) is 38.1 Å². The Hall–Kier alpha value is -3.35. The van der Waals surface area contributed by atoms with Gasteiger partial charge in [0.05, 0.1) is 16.9 Å². The Labute approximate surface area is 183 Å². The zero-order valence-electron chi connectivity index (χ0n) is 18.5. The minimum absolute atomic E-state index is 0.199. The Morgan fingerprint density at radius 3 is 2.45 bits per heavy atom. The fraction of sp³-hybridized carbons (Fsp3) is 0.375. The van der Waals surface area contributed by atoms with E-state index in [2.05, 4.69) is 44.0 Å². The lowest BCUT2D eigenvalue weighted by Gasteiger charge is -2.24. The molecule has 1 aliphatic heterocycles. The monoisotopic (exact) mass is 416 g/mol. The first-order valence-electron chi connectivity index (χ1n) is 10.6. The summed E-state index contributed by atoms with van der Waals surface area (Å²) < 4.78 is 0. The summed E-state index contributed by atoms with van der Waals surface area (Å²) in [7, 11) is 0. The van der Waals surface area contributed by atoms with E-state index >= 15 is 0 Å². The largest absolute Gasteiger partial charge is 0.354 e. The van der Waals surface area contributed by atoms with Crippen molar-refractivity contribution in [2.45, 2.75) is 40.0 Å². The van der Waals surface area contributed by atoms with Gasteiger partial charge in [0.2, 0.25) is 0 Å². The molecule has 0 atom stereocenters. The molecule has 0 bridgehead atoms. The quantitative estimate of drug-likeness (QED) is 0.657. The number of aromatic nitrogens is 4. The van der Waals surface area contributed by atoms with Crippen molar-refractivity contribution < 1.29 is 4.79 Å². The van der Waals surface area contributed by atoms with Crippen LogP contribution in [0.15, 0.2) is 49.1 Å². The summed E-state index contributed by atoms with van der Waals surface area (Å²) in [6, 6.07) is 7.64. The van der Waals surface area contributed by atoms with Crippen LogP contribution >= 0.6 is 0 Å². The van der Waals surface area contributed by atoms with Crippen molar-refractivity contribution in [1.82, 2.24) is 19.9 Å². The number of carbonyl (C=O) groups excluding carboxylic acids is 1. The number of pyridine rings is 2. The number of amides is 1. The van der Waals surface area contributed by atoms with Crippen molar-refractivity contribution in [2.24, 2.45) is 5.41 Å². The van der Waals surface area contributed by atoms with Gasteiger partial charge in [-0.15, -0.1) is 0 Å². The van der Waals surface area contributed by atoms with E-state index in [1.54, 1.807) is 24.8 Å². The van der Waals surface area contributed by atoms with Gasteiger partial charge in [0.15, 0.2) is 5.82 Å². The molecule has 160 valence electrons. The SMILES string of the molecule is CC(C)c1ncc(C(=O)Nc2c(-c3ccccn3)ccnc2N2CCC(C)(C)C2)cn1. The predicted octanol–water partition coefficient (Wildman–Crippen LogP) is 4.55. The Morgan fingerprint density at radius 1 is 1.06 bits per heavy atom. The summed E-state index contributed by atoms with van der Waals surface area (Å²) in [6.45, 7) is 10.3. The predicted molar refractivity (Wildman–Crippen MR) is 122 cm³/mol. The molecule has 0 saturated carbocycles. The molecule has 0 radical (unpaired) electrons. The van der Waals surface area contributed by atoms with Crippen molar-refractivity contribution in [3.05, 3.63) is 60.4 Å². The van der Waals surface area contributed by atoms with E-state index in [4.69, 9.17) is 0 Å². The average Bonchev–Trinajstić information content (AvgIpc) is 3.14. The van der Waals surface area contributed by atoms with Gasteiger partial charge in [0.1, 0.15) is 5.82 Å². The molecule has 4 heterocycles. The number of carbonyl (C=O) groups is 1. The number of hydrogen-bond donors (Lipinski definition) is 1. The third-order valence-corrected chi connectivity index (χ3v) is 5.54. The summed E-state index contributed by atoms with van der Waals surface area (Å²) in [5, 5.41) is 3.08. The second-order valence-corrected chi connectivity index (χ2v) is 9.05. The smallest absolute Gasteiger partial charge is 0.258 e. The zero-order valence-corrected chi connectivity index (χ0v) is 18.5. The highest BCUT2D eigenvalue weighted by Crippen LogP contribution is 2.39. The number of anilines is 2. The van der Waals surface area contributed by atoms with Gasteiger partial charge < -0.3 is 10.2 Å². The lowest BCUT2D eigenvalue weighted by Crippen LogP contribution is -2.26. The van der Waals surface area contributed by atoms with Crippen molar-refractivity contribution in [3.8, 4) is 11.3 Å². The summed E-state index contributed by atoms with van der Waals surface area (Å²) >= 11 is 0. The second kappa shape index (κ2) is 8.41. The molecule has 4 rings (SSSR count). The molecular weight excluding hydrogens is 388 g/mol. The first kappa shape index (κ1) is 20.9. The summed E-state index contributed by atoms with van der Waals surface area (Å²) in [5.41, 5.74) is 2.89. The number of hydrogen-bond acceptors (Lipinski definition) is 6. The van der Waals surface area contributed by atoms with Gasteiger partial charge in [-0.25, -0.2) is 15.0 Å². The molecule has 0 aliphatic carbocycles. The Bertz CT molecular complexity index is 1060. The third-order valence-electron chi connectivity index (χ3n) is 5.54. The van der Waals surface area contributed by atoms with Gasteiger partial charge in [0.25, 0.3) is 5.91 Å². The van der Waals surface area contributed by atoms with E-state index in [1.165, 1.54) is 0 Å². The standard InChI is InChI=1S/C24H28N6O/c1-16(2)21-27-13-17(14-28-21)23(31)29-20-18(19-7-5-6-10-25-19)8-11-26-22(20)30-12-9-24(3,4)15-30/h5-8,10-11,13-14,16H,9,12,15H2,1-4H3,(H,29,31). The minimum atomic E-state index is -0.264. The minimum Gasteiger partial charge on any atom is -0.354 e. The van der Waals surface area contributed by atoms with Gasteiger partial charge in [-0.1, -0.05) is 33.8 Å². The molecule has 0 spiro atoms. The molecule has 1 amide bonds. The maximum atomic E-state index is 13.1. The van der Waals surface area contributed by atoms with E-state index in [0.29, 0.717) is 17.1 Å². The van der Waals surface area contributed by atoms with Crippen molar-refractivity contribution in [1.29, 1.82) is 0 Å². The van der Waals surface area contributed by atoms with E-state index in [-0.39, 0.29) is 17.2 Å². The topological polar surface area (TPSA) is 83.9 Å². The van der Waals surface area contributed by atoms with Gasteiger partial charge >= 0.3 is 0 Å². The van der Waals surface area contributed by atoms with Gasteiger partial charge in [-0.3, -0.25) is 9.78 Å². The molecular formula is C24H28N6O. The average molecular weight is 417 g/mol. The lowest BCUT2D eigenvalue weighted by atomic mass is 9.93. The maximum absolute atomic E-state index is 13.1. The molecule has 1 N–H and O–H groups in total. The summed E-state index contributed by atoms with van der Waals surface area (Å²) in [6.07, 6.45) is 7.75. The Balaban J connectivity index is 1.72. The highest BCUT2D eigenvalue weighted by molar-refractivity contribution is 6.07. The van der Waals surface area contributed by atoms with Crippen LogP contribution in [0.4, 0.5) is 11.5 Å². The van der Waals surface area contributed by atoms with Crippen LogP contribution in [0, 0.1) is 5.41 Å². The van der Waals surface area contributed by atoms with Gasteiger partial charge in [-0.2, -0.15) is 0 Å². The molecule has 3 aromatic heterocycles. The Kier molecular flexibility index (Phi) is 5.67. The molecule has 0 unspecified atom stereocenters. The maximum Gasteiger partial charge on any atom is 0.258 e. The molecule has 7 nitrogen and oxygen atoms in total. The number of nitrogens with one attached hydrogen (secondary N) is 1. The van der Waals surface area contributed by atoms with Crippen LogP contribution < -0.4 is 10.2 Å². The zero-order chi connectivity index (χ0) is 22.0. The van der Waals surface area contributed by atoms with E-state index in [9.17, 15) is 4.79 Å². The molecule has 3 aromatic rings. The molecule has 7 heteroatoms. The normalized spacial score (nSPS) is 15.3. The fourth-order valence-electron chi connectivity index (χ4n) is 3.78. The van der Waals surface area contributed by atoms with Crippen LogP contribution in [0.25, 0.3) is 11.3 Å². The van der Waals surface area contributed by atoms with Crippen LogP contribution in [0.2, 0.25) is 0 Å². The van der Waals surface area contributed by atoms with Crippen LogP contribution in [-0.2, 0) is 0 Å². The number of rotatable bonds is 5. The van der Waals surface area contributed by atoms with E-state index < -0.39 is 0 Å². The van der Waals surface area contributed by atoms with Crippen molar-refractivity contribution >= 4 is 17.4 Å². The van der Waals surface area contributed by atoms with Crippen molar-refractivity contribution in [2.75, 3.05) is 23.3 Å². The summed E-state index contributed by atoms with van der Waals surface area (Å²) in [4.78, 5) is 33.2. The fourth-order valence-corrected chi connectivity index (χ4v) is 3.78. The first-order chi connectivity index (χ1) is 14.8. The molecule has 1 fully saturated rings. The van der Waals surface area contributed by atoms with Crippen LogP contribution in [0.3, 0.4) is 0 Å². The highest BCUT2D eigenvalue weighted by Gasteiger charge is 2.32. The number of nitrogens with zero attached hydrogens (tertiary/aromatic N) is 5. The molecule has 0 aromatic carbocycles. The molecule has 1 aliphatic rings. The van der Waals surface area contributed by atoms with Crippen LogP contribution in [-0.4, -0.2) is 38.9 Å². The van der Waals surface area contributed by atoms with Crippen LogP contribution in [0.5, 0.6) is 0 Å². The molecule has 31 heavy (non-hydrogen) atoms. The van der Waals surface area contributed by atoms with E-state index in [0.717, 1.165) is 36.6 Å². The lowest BCUT2D eigenvalue weighted by molar-refractivity contribution is 0.102.